The van der Waals surface area contributed by atoms with Crippen molar-refractivity contribution in [2.45, 2.75) is 18.5 Å². The third-order valence-corrected chi connectivity index (χ3v) is 3.33. The number of rotatable bonds is 4. The molecular formula is C11H13Cl2LiOP. The molecule has 0 heterocycles. The molecule has 1 nitrogen and oxygen atoms in total. The molecule has 5 heteroatoms. The fourth-order valence-corrected chi connectivity index (χ4v) is 2.26. The first-order chi connectivity index (χ1) is 7.07. The van der Waals surface area contributed by atoms with Crippen molar-refractivity contribution in [2.75, 3.05) is 0 Å². The van der Waals surface area contributed by atoms with Gasteiger partial charge in [-0.2, -0.15) is 0 Å². The van der Waals surface area contributed by atoms with Crippen LogP contribution in [0.15, 0.2) is 18.2 Å². The zero-order valence-electron chi connectivity index (χ0n) is 8.17. The Morgan fingerprint density at radius 2 is 1.88 bits per heavy atom. The van der Waals surface area contributed by atoms with Crippen LogP contribution in [0.25, 0.3) is 0 Å². The van der Waals surface area contributed by atoms with Gasteiger partial charge in [0, 0.05) is 5.66 Å². The first-order valence-electron chi connectivity index (χ1n) is 4.61. The molecule has 0 aromatic heterocycles. The van der Waals surface area contributed by atoms with Crippen LogP contribution in [0.2, 0.25) is 10.0 Å². The van der Waals surface area contributed by atoms with E-state index >= 15 is 0 Å². The van der Waals surface area contributed by atoms with Crippen molar-refractivity contribution in [3.63, 3.8) is 0 Å². The minimum absolute atomic E-state index is 0. The van der Waals surface area contributed by atoms with Crippen molar-refractivity contribution >= 4 is 57.1 Å². The van der Waals surface area contributed by atoms with E-state index < -0.39 is 0 Å². The second kappa shape index (κ2) is 7.75. The summed E-state index contributed by atoms with van der Waals surface area (Å²) < 4.78 is 0. The zero-order valence-corrected chi connectivity index (χ0v) is 10.8. The molecule has 1 aromatic carbocycles. The number of hydrogen-bond acceptors (Lipinski definition) is 1. The van der Waals surface area contributed by atoms with Crippen LogP contribution in [0.3, 0.4) is 0 Å². The molecule has 0 bridgehead atoms. The summed E-state index contributed by atoms with van der Waals surface area (Å²) >= 11 is 11.9. The molecule has 16 heavy (non-hydrogen) atoms. The Morgan fingerprint density at radius 3 is 2.31 bits per heavy atom. The van der Waals surface area contributed by atoms with E-state index in [2.05, 4.69) is 16.2 Å². The second-order valence-corrected chi connectivity index (χ2v) is 4.83. The maximum atomic E-state index is 12.0. The summed E-state index contributed by atoms with van der Waals surface area (Å²) in [4.78, 5) is 12.0. The average molecular weight is 270 g/mol. The van der Waals surface area contributed by atoms with Crippen LogP contribution in [0, 0.1) is 6.92 Å². The van der Waals surface area contributed by atoms with Crippen molar-refractivity contribution in [1.29, 1.82) is 0 Å². The molecule has 0 aliphatic carbocycles. The predicted molar refractivity (Wildman–Crippen MR) is 76.0 cm³/mol. The van der Waals surface area contributed by atoms with E-state index in [0.717, 1.165) is 0 Å². The molecular weight excluding hydrogens is 257 g/mol. The minimum atomic E-state index is -0.167. The fourth-order valence-electron chi connectivity index (χ4n) is 1.27. The first kappa shape index (κ1) is 16.5. The van der Waals surface area contributed by atoms with Crippen LogP contribution in [0.4, 0.5) is 0 Å². The first-order valence-corrected chi connectivity index (χ1v) is 6.03. The molecule has 0 spiro atoms. The maximum absolute atomic E-state index is 12.0. The van der Waals surface area contributed by atoms with Gasteiger partial charge in [0.25, 0.3) is 0 Å². The molecule has 0 N–H and O–H groups in total. The Balaban J connectivity index is 0.00000225. The van der Waals surface area contributed by atoms with Crippen LogP contribution in [-0.4, -0.2) is 30.3 Å². The molecule has 1 radical (unpaired) electrons. The van der Waals surface area contributed by atoms with Gasteiger partial charge < -0.3 is 0 Å². The number of carbonyl (C=O) groups is 1. The van der Waals surface area contributed by atoms with Gasteiger partial charge in [0.1, 0.15) is 0 Å². The molecule has 0 aliphatic heterocycles. The Kier molecular flexibility index (Phi) is 7.99. The summed E-state index contributed by atoms with van der Waals surface area (Å²) in [6.07, 6.45) is 1.42. The van der Waals surface area contributed by atoms with Crippen LogP contribution >= 0.6 is 32.4 Å². The average Bonchev–Trinajstić information content (AvgIpc) is 2.17. The van der Waals surface area contributed by atoms with E-state index in [1.807, 2.05) is 0 Å². The summed E-state index contributed by atoms with van der Waals surface area (Å²) in [7, 11) is 2.51. The molecule has 0 fully saturated rings. The number of benzene rings is 1. The molecule has 1 aromatic rings. The standard InChI is InChI=1S/C11H12Cl2OP.Li.H/c1-2-4-9(15)11(14)10-7(12)5-3-6-8(10)13;;/h3,5-6,9H,1-2,4,15H2;;. The van der Waals surface area contributed by atoms with E-state index in [9.17, 15) is 4.79 Å². The van der Waals surface area contributed by atoms with Crippen molar-refractivity contribution in [3.05, 3.63) is 40.7 Å². The Morgan fingerprint density at radius 1 is 1.38 bits per heavy atom. The van der Waals surface area contributed by atoms with Crippen molar-refractivity contribution in [3.8, 4) is 0 Å². The molecule has 0 saturated carbocycles. The normalized spacial score (nSPS) is 11.8. The number of hydrogen-bond donors (Lipinski definition) is 0. The van der Waals surface area contributed by atoms with E-state index in [4.69, 9.17) is 23.2 Å². The Labute approximate surface area is 121 Å². The van der Waals surface area contributed by atoms with Crippen molar-refractivity contribution in [2.24, 2.45) is 0 Å². The van der Waals surface area contributed by atoms with Gasteiger partial charge in [-0.05, 0) is 18.6 Å². The summed E-state index contributed by atoms with van der Waals surface area (Å²) in [5.74, 6) is -0.0424. The number of carbonyl (C=O) groups excluding carboxylic acids is 1. The van der Waals surface area contributed by atoms with Gasteiger partial charge in [0.15, 0.2) is 5.78 Å². The van der Waals surface area contributed by atoms with Gasteiger partial charge in [-0.1, -0.05) is 42.6 Å². The Bertz CT molecular complexity index is 351. The molecule has 1 rings (SSSR count). The van der Waals surface area contributed by atoms with E-state index in [1.165, 1.54) is 0 Å². The second-order valence-electron chi connectivity index (χ2n) is 3.21. The van der Waals surface area contributed by atoms with E-state index in [-0.39, 0.29) is 30.3 Å². The number of ketones is 1. The Hall–Kier alpha value is 0.497. The van der Waals surface area contributed by atoms with E-state index in [0.29, 0.717) is 28.5 Å². The molecule has 2 unspecified atom stereocenters. The van der Waals surface area contributed by atoms with Crippen LogP contribution in [0.1, 0.15) is 23.2 Å². The number of halogens is 2. The summed E-state index contributed by atoms with van der Waals surface area (Å²) in [6, 6.07) is 5.06. The van der Waals surface area contributed by atoms with Crippen molar-refractivity contribution in [1.82, 2.24) is 0 Å². The van der Waals surface area contributed by atoms with Gasteiger partial charge in [-0.3, -0.25) is 4.79 Å². The van der Waals surface area contributed by atoms with Gasteiger partial charge >= 0.3 is 18.9 Å². The zero-order chi connectivity index (χ0) is 11.4. The van der Waals surface area contributed by atoms with Crippen LogP contribution < -0.4 is 0 Å². The number of Topliss-reactive ketones (excluding diaryl/α,β-unsaturated/α-hetero) is 1. The molecule has 0 saturated heterocycles. The fraction of sp³-hybridized carbons (Fsp3) is 0.273. The summed E-state index contributed by atoms with van der Waals surface area (Å²) in [5.41, 5.74) is 0.245. The van der Waals surface area contributed by atoms with Gasteiger partial charge in [0.05, 0.1) is 15.6 Å². The predicted octanol–water partition coefficient (Wildman–Crippen LogP) is 3.39. The third kappa shape index (κ3) is 4.06. The SMILES string of the molecule is [CH2]CCC(P)C(=O)c1c(Cl)cccc1Cl.[LiH]. The monoisotopic (exact) mass is 269 g/mol. The molecule has 2 atom stereocenters. The topological polar surface area (TPSA) is 17.1 Å². The van der Waals surface area contributed by atoms with Crippen molar-refractivity contribution < 1.29 is 4.79 Å². The molecule has 83 valence electrons. The van der Waals surface area contributed by atoms with Gasteiger partial charge in [0.2, 0.25) is 0 Å². The molecule has 0 amide bonds. The third-order valence-electron chi connectivity index (χ3n) is 2.06. The van der Waals surface area contributed by atoms with E-state index in [1.54, 1.807) is 18.2 Å². The van der Waals surface area contributed by atoms with Crippen LogP contribution in [-0.2, 0) is 0 Å². The van der Waals surface area contributed by atoms with Crippen LogP contribution in [0.5, 0.6) is 0 Å². The summed E-state index contributed by atoms with van der Waals surface area (Å²) in [5, 5.41) is 0.813. The van der Waals surface area contributed by atoms with Gasteiger partial charge in [-0.25, -0.2) is 0 Å². The van der Waals surface area contributed by atoms with Gasteiger partial charge in [-0.15, -0.1) is 9.24 Å². The quantitative estimate of drug-likeness (QED) is 0.465. The molecule has 0 aliphatic rings. The summed E-state index contributed by atoms with van der Waals surface area (Å²) in [6.45, 7) is 3.72.